The number of likely N-dealkylation sites (tertiary alicyclic amines) is 1. The Balaban J connectivity index is 1.40. The van der Waals surface area contributed by atoms with Crippen LogP contribution in [0.1, 0.15) is 52.4 Å². The predicted molar refractivity (Wildman–Crippen MR) is 145 cm³/mol. The van der Waals surface area contributed by atoms with Gasteiger partial charge in [0.15, 0.2) is 0 Å². The third-order valence-electron chi connectivity index (χ3n) is 8.00. The molecule has 5 rings (SSSR count). The van der Waals surface area contributed by atoms with E-state index in [2.05, 4.69) is 10.6 Å². The van der Waals surface area contributed by atoms with Gasteiger partial charge in [0.2, 0.25) is 17.7 Å². The van der Waals surface area contributed by atoms with Gasteiger partial charge < -0.3 is 25.0 Å². The summed E-state index contributed by atoms with van der Waals surface area (Å²) in [5.41, 5.74) is -0.749. The topological polar surface area (TPSA) is 97.0 Å². The maximum absolute atomic E-state index is 14.0. The molecule has 3 heterocycles. The van der Waals surface area contributed by atoms with E-state index in [9.17, 15) is 14.4 Å². The predicted octanol–water partition coefficient (Wildman–Crippen LogP) is 4.35. The van der Waals surface area contributed by atoms with Crippen LogP contribution in [0.3, 0.4) is 0 Å². The summed E-state index contributed by atoms with van der Waals surface area (Å²) in [6.07, 6.45) is 8.86. The molecule has 8 nitrogen and oxygen atoms in total. The number of rotatable bonds is 9. The number of amides is 3. The quantitative estimate of drug-likeness (QED) is 0.344. The number of fused-ring (bicyclic) bond motifs is 1. The molecule has 5 atom stereocenters. The highest BCUT2D eigenvalue weighted by molar-refractivity contribution is 6.35. The number of hydrogen-bond acceptors (Lipinski definition) is 5. The minimum absolute atomic E-state index is 0.0718. The fraction of sp³-hybridized carbons (Fsp3) is 0.607. The molecule has 1 saturated carbocycles. The molecule has 0 aromatic heterocycles. The molecule has 0 unspecified atom stereocenters. The van der Waals surface area contributed by atoms with Crippen LogP contribution < -0.4 is 10.6 Å². The van der Waals surface area contributed by atoms with Gasteiger partial charge in [0.25, 0.3) is 0 Å². The molecule has 10 heteroatoms. The normalized spacial score (nSPS) is 30.2. The number of carbonyl (C=O) groups excluding carboxylic acids is 3. The Morgan fingerprint density at radius 2 is 1.84 bits per heavy atom. The van der Waals surface area contributed by atoms with Crippen molar-refractivity contribution in [3.05, 3.63) is 40.4 Å². The lowest BCUT2D eigenvalue weighted by Gasteiger charge is -2.34. The number of benzene rings is 1. The van der Waals surface area contributed by atoms with E-state index in [1.54, 1.807) is 23.1 Å². The van der Waals surface area contributed by atoms with E-state index >= 15 is 0 Å². The Bertz CT molecular complexity index is 1100. The highest BCUT2D eigenvalue weighted by Gasteiger charge is 2.72. The molecule has 1 aromatic carbocycles. The smallest absolute Gasteiger partial charge is 0.246 e. The highest BCUT2D eigenvalue weighted by atomic mass is 35.5. The maximum atomic E-state index is 14.0. The first-order chi connectivity index (χ1) is 18.2. The fourth-order valence-corrected chi connectivity index (χ4v) is 6.97. The molecule has 206 valence electrons. The molecule has 38 heavy (non-hydrogen) atoms. The van der Waals surface area contributed by atoms with Crippen LogP contribution in [0.5, 0.6) is 0 Å². The van der Waals surface area contributed by atoms with Crippen LogP contribution in [-0.2, 0) is 23.9 Å². The van der Waals surface area contributed by atoms with Crippen molar-refractivity contribution in [1.82, 2.24) is 10.2 Å². The molecule has 3 amide bonds. The van der Waals surface area contributed by atoms with Crippen LogP contribution in [-0.4, -0.2) is 65.7 Å². The van der Waals surface area contributed by atoms with Crippen molar-refractivity contribution < 1.29 is 23.9 Å². The van der Waals surface area contributed by atoms with Crippen LogP contribution in [0, 0.1) is 11.8 Å². The van der Waals surface area contributed by atoms with Crippen LogP contribution in [0.2, 0.25) is 10.0 Å². The fourth-order valence-electron chi connectivity index (χ4n) is 6.44. The molecule has 1 spiro atoms. The largest absolute Gasteiger partial charge is 0.379 e. The van der Waals surface area contributed by atoms with Gasteiger partial charge in [0, 0.05) is 34.9 Å². The maximum Gasteiger partial charge on any atom is 0.246 e. The van der Waals surface area contributed by atoms with E-state index in [4.69, 9.17) is 32.7 Å². The van der Waals surface area contributed by atoms with Gasteiger partial charge in [-0.05, 0) is 51.3 Å². The molecule has 4 aliphatic rings. The Morgan fingerprint density at radius 3 is 2.53 bits per heavy atom. The van der Waals surface area contributed by atoms with Gasteiger partial charge in [0.05, 0.1) is 24.0 Å². The van der Waals surface area contributed by atoms with E-state index in [1.165, 1.54) is 6.42 Å². The summed E-state index contributed by atoms with van der Waals surface area (Å²) in [4.78, 5) is 42.9. The highest BCUT2D eigenvalue weighted by Crippen LogP contribution is 2.55. The standard InChI is InChI=1S/C28H35Cl2N3O5/c1-16(2)37-12-6-11-33-24(26(35)31-19-7-4-3-5-8-19)28-10-9-21(38-28)22(23(28)27(33)36)25(34)32-20-14-17(29)13-18(30)15-20/h9-10,13-16,19,21-24H,3-8,11-12H2,1-2H3,(H,31,35)(H,32,34)/t21-,22-,23-,24-,28-/m0/s1. The third-order valence-corrected chi connectivity index (χ3v) is 8.44. The number of nitrogens with one attached hydrogen (secondary N) is 2. The van der Waals surface area contributed by atoms with E-state index < -0.39 is 29.6 Å². The summed E-state index contributed by atoms with van der Waals surface area (Å²) in [5.74, 6) is -2.42. The van der Waals surface area contributed by atoms with Crippen LogP contribution >= 0.6 is 23.2 Å². The first kappa shape index (κ1) is 27.4. The van der Waals surface area contributed by atoms with E-state index in [1.807, 2.05) is 26.0 Å². The average molecular weight is 565 g/mol. The second-order valence-electron chi connectivity index (χ2n) is 11.0. The molecule has 1 aromatic rings. The number of carbonyl (C=O) groups is 3. The summed E-state index contributed by atoms with van der Waals surface area (Å²) in [7, 11) is 0. The summed E-state index contributed by atoms with van der Waals surface area (Å²) in [5, 5.41) is 6.83. The van der Waals surface area contributed by atoms with E-state index in [-0.39, 0.29) is 29.9 Å². The van der Waals surface area contributed by atoms with Crippen molar-refractivity contribution in [1.29, 1.82) is 0 Å². The lowest BCUT2D eigenvalue weighted by molar-refractivity contribution is -0.141. The molecule has 2 saturated heterocycles. The SMILES string of the molecule is CC(C)OCCCN1C(=O)[C@@H]2[C@@H](C(=O)Nc3cc(Cl)cc(Cl)c3)[C@@H]3C=C[C@@]2(O3)[C@@H]1C(=O)NC1CCCCC1. The van der Waals surface area contributed by atoms with Crippen molar-refractivity contribution in [2.24, 2.45) is 11.8 Å². The molecule has 3 aliphatic heterocycles. The minimum Gasteiger partial charge on any atom is -0.379 e. The van der Waals surface area contributed by atoms with Crippen LogP contribution in [0.4, 0.5) is 5.69 Å². The number of hydrogen-bond donors (Lipinski definition) is 2. The number of anilines is 1. The van der Waals surface area contributed by atoms with Gasteiger partial charge in [-0.3, -0.25) is 14.4 Å². The molecule has 1 aliphatic carbocycles. The number of ether oxygens (including phenoxy) is 2. The lowest BCUT2D eigenvalue weighted by atomic mass is 9.74. The zero-order chi connectivity index (χ0) is 27.0. The Morgan fingerprint density at radius 1 is 1.13 bits per heavy atom. The summed E-state index contributed by atoms with van der Waals surface area (Å²) >= 11 is 12.2. The van der Waals surface area contributed by atoms with Gasteiger partial charge >= 0.3 is 0 Å². The second-order valence-corrected chi connectivity index (χ2v) is 11.9. The van der Waals surface area contributed by atoms with E-state index in [0.717, 1.165) is 25.7 Å². The molecular formula is C28H35Cl2N3O5. The third kappa shape index (κ3) is 5.20. The summed E-state index contributed by atoms with van der Waals surface area (Å²) in [6.45, 7) is 4.72. The van der Waals surface area contributed by atoms with Gasteiger partial charge in [-0.2, -0.15) is 0 Å². The van der Waals surface area contributed by atoms with Gasteiger partial charge in [-0.15, -0.1) is 0 Å². The Labute approximate surface area is 233 Å². The van der Waals surface area contributed by atoms with Crippen molar-refractivity contribution in [2.45, 2.75) is 82.3 Å². The zero-order valence-electron chi connectivity index (χ0n) is 21.8. The summed E-state index contributed by atoms with van der Waals surface area (Å²) in [6, 6.07) is 4.02. The first-order valence-corrected chi connectivity index (χ1v) is 14.3. The number of halogens is 2. The van der Waals surface area contributed by atoms with Crippen LogP contribution in [0.25, 0.3) is 0 Å². The minimum atomic E-state index is -1.19. The van der Waals surface area contributed by atoms with E-state index in [0.29, 0.717) is 35.3 Å². The molecule has 2 N–H and O–H groups in total. The Kier molecular flexibility index (Phi) is 8.06. The monoisotopic (exact) mass is 563 g/mol. The molecule has 0 radical (unpaired) electrons. The van der Waals surface area contributed by atoms with Gasteiger partial charge in [0.1, 0.15) is 11.6 Å². The zero-order valence-corrected chi connectivity index (χ0v) is 23.3. The van der Waals surface area contributed by atoms with Gasteiger partial charge in [-0.25, -0.2) is 0 Å². The number of nitrogens with zero attached hydrogens (tertiary/aromatic N) is 1. The van der Waals surface area contributed by atoms with Crippen LogP contribution in [0.15, 0.2) is 30.4 Å². The van der Waals surface area contributed by atoms with Crippen molar-refractivity contribution in [2.75, 3.05) is 18.5 Å². The van der Waals surface area contributed by atoms with Crippen molar-refractivity contribution in [3.63, 3.8) is 0 Å². The van der Waals surface area contributed by atoms with Crippen molar-refractivity contribution in [3.8, 4) is 0 Å². The Hall–Kier alpha value is -2.13. The average Bonchev–Trinajstić information content (AvgIpc) is 3.49. The first-order valence-electron chi connectivity index (χ1n) is 13.6. The lowest BCUT2D eigenvalue weighted by Crippen LogP contribution is -2.56. The molecule has 2 bridgehead atoms. The molecule has 3 fully saturated rings. The summed E-state index contributed by atoms with van der Waals surface area (Å²) < 4.78 is 12.1. The second kappa shape index (κ2) is 11.2. The van der Waals surface area contributed by atoms with Gasteiger partial charge in [-0.1, -0.05) is 54.6 Å². The molecular weight excluding hydrogens is 529 g/mol. The van der Waals surface area contributed by atoms with Crippen molar-refractivity contribution >= 4 is 46.6 Å².